The van der Waals surface area contributed by atoms with E-state index in [0.717, 1.165) is 6.08 Å². The average molecular weight is 327 g/mol. The maximum absolute atomic E-state index is 12.7. The van der Waals surface area contributed by atoms with Gasteiger partial charge in [0.15, 0.2) is 5.82 Å². The van der Waals surface area contributed by atoms with E-state index in [9.17, 15) is 13.2 Å². The normalized spacial score (nSPS) is 18.1. The van der Waals surface area contributed by atoms with Crippen LogP contribution in [0.4, 0.5) is 19.0 Å². The Bertz CT molecular complexity index is 783. The third kappa shape index (κ3) is 2.83. The van der Waals surface area contributed by atoms with Crippen LogP contribution in [0.5, 0.6) is 5.88 Å². The number of ether oxygens (including phenoxy) is 1. The molecule has 0 N–H and O–H groups in total. The van der Waals surface area contributed by atoms with Crippen LogP contribution in [-0.4, -0.2) is 40.6 Å². The molecular formula is C13H12F3N5O2. The quantitative estimate of drug-likeness (QED) is 0.857. The van der Waals surface area contributed by atoms with Crippen LogP contribution in [0.2, 0.25) is 0 Å². The van der Waals surface area contributed by atoms with Crippen LogP contribution >= 0.6 is 0 Å². The molecule has 1 aliphatic carbocycles. The molecule has 2 aromatic heterocycles. The van der Waals surface area contributed by atoms with Gasteiger partial charge in [0.2, 0.25) is 11.3 Å². The molecule has 3 rings (SSSR count). The third-order valence-electron chi connectivity index (χ3n) is 3.46. The molecule has 23 heavy (non-hydrogen) atoms. The second-order valence-corrected chi connectivity index (χ2v) is 4.90. The average Bonchev–Trinajstić information content (AvgIpc) is 2.99. The van der Waals surface area contributed by atoms with Gasteiger partial charge in [-0.25, -0.2) is 4.63 Å². The molecule has 2 aromatic rings. The van der Waals surface area contributed by atoms with Gasteiger partial charge in [-0.1, -0.05) is 12.2 Å². The second-order valence-electron chi connectivity index (χ2n) is 4.90. The van der Waals surface area contributed by atoms with Gasteiger partial charge in [-0.05, 0) is 22.8 Å². The van der Waals surface area contributed by atoms with Gasteiger partial charge in [0.05, 0.1) is 13.0 Å². The molecule has 0 spiro atoms. The minimum Gasteiger partial charge on any atom is -0.478 e. The number of halogens is 3. The molecule has 1 unspecified atom stereocenters. The zero-order chi connectivity index (χ0) is 16.6. The number of hydrogen-bond acceptors (Lipinski definition) is 7. The molecule has 0 saturated carbocycles. The highest BCUT2D eigenvalue weighted by atomic mass is 19.4. The first-order valence-electron chi connectivity index (χ1n) is 6.63. The smallest absolute Gasteiger partial charge is 0.395 e. The Labute approximate surface area is 128 Å². The van der Waals surface area contributed by atoms with E-state index in [-0.39, 0.29) is 23.6 Å². The molecule has 0 aliphatic heterocycles. The van der Waals surface area contributed by atoms with Crippen LogP contribution < -0.4 is 9.64 Å². The fourth-order valence-corrected chi connectivity index (χ4v) is 2.19. The van der Waals surface area contributed by atoms with Gasteiger partial charge in [0, 0.05) is 12.7 Å². The van der Waals surface area contributed by atoms with Crippen molar-refractivity contribution in [1.29, 1.82) is 0 Å². The summed E-state index contributed by atoms with van der Waals surface area (Å²) in [5.41, 5.74) is 0.916. The summed E-state index contributed by atoms with van der Waals surface area (Å²) in [6.45, 7) is 0. The number of hydrogen-bond donors (Lipinski definition) is 0. The van der Waals surface area contributed by atoms with Crippen LogP contribution in [0, 0.1) is 5.92 Å². The second kappa shape index (κ2) is 5.52. The van der Waals surface area contributed by atoms with Crippen LogP contribution in [0.1, 0.15) is 6.42 Å². The minimum absolute atomic E-state index is 0.136. The number of anilines is 1. The first kappa shape index (κ1) is 15.3. The van der Waals surface area contributed by atoms with Gasteiger partial charge in [-0.2, -0.15) is 23.1 Å². The van der Waals surface area contributed by atoms with Crippen molar-refractivity contribution in [2.24, 2.45) is 5.92 Å². The highest BCUT2D eigenvalue weighted by Gasteiger charge is 2.38. The van der Waals surface area contributed by atoms with E-state index in [2.05, 4.69) is 24.9 Å². The van der Waals surface area contributed by atoms with Gasteiger partial charge >= 0.3 is 6.18 Å². The SMILES string of the molecule is COc1nc2nonc2nc1N(C)C1=CCC(C(F)(F)F)C=C1. The van der Waals surface area contributed by atoms with E-state index < -0.39 is 12.1 Å². The van der Waals surface area contributed by atoms with Crippen molar-refractivity contribution in [2.75, 3.05) is 19.1 Å². The Balaban J connectivity index is 1.90. The molecule has 10 heteroatoms. The molecule has 0 amide bonds. The highest BCUT2D eigenvalue weighted by Crippen LogP contribution is 2.35. The summed E-state index contributed by atoms with van der Waals surface area (Å²) in [6, 6.07) is 0. The Morgan fingerprint density at radius 1 is 1.26 bits per heavy atom. The summed E-state index contributed by atoms with van der Waals surface area (Å²) in [4.78, 5) is 9.89. The van der Waals surface area contributed by atoms with Crippen LogP contribution in [0.15, 0.2) is 28.6 Å². The first-order chi connectivity index (χ1) is 10.9. The van der Waals surface area contributed by atoms with Crippen LogP contribution in [0.25, 0.3) is 11.3 Å². The van der Waals surface area contributed by atoms with Crippen molar-refractivity contribution in [3.63, 3.8) is 0 Å². The van der Waals surface area contributed by atoms with Gasteiger partial charge in [-0.3, -0.25) is 0 Å². The molecule has 0 radical (unpaired) electrons. The van der Waals surface area contributed by atoms with E-state index in [0.29, 0.717) is 11.5 Å². The number of likely N-dealkylation sites (N-methyl/N-ethyl adjacent to an activating group) is 1. The van der Waals surface area contributed by atoms with Crippen molar-refractivity contribution in [3.05, 3.63) is 23.9 Å². The molecule has 0 aromatic carbocycles. The number of fused-ring (bicyclic) bond motifs is 1. The van der Waals surface area contributed by atoms with Crippen molar-refractivity contribution >= 4 is 17.1 Å². The lowest BCUT2D eigenvalue weighted by atomic mass is 9.98. The molecule has 1 atom stereocenters. The van der Waals surface area contributed by atoms with Crippen LogP contribution in [-0.2, 0) is 0 Å². The molecule has 0 fully saturated rings. The fraction of sp³-hybridized carbons (Fsp3) is 0.385. The van der Waals surface area contributed by atoms with Crippen molar-refractivity contribution in [1.82, 2.24) is 20.3 Å². The number of aromatic nitrogens is 4. The topological polar surface area (TPSA) is 77.2 Å². The maximum atomic E-state index is 12.7. The molecule has 1 aliphatic rings. The minimum atomic E-state index is -4.25. The summed E-state index contributed by atoms with van der Waals surface area (Å²) in [5, 5.41) is 7.16. The zero-order valence-corrected chi connectivity index (χ0v) is 12.2. The van der Waals surface area contributed by atoms with E-state index in [4.69, 9.17) is 4.74 Å². The lowest BCUT2D eigenvalue weighted by molar-refractivity contribution is -0.160. The first-order valence-corrected chi connectivity index (χ1v) is 6.63. The van der Waals surface area contributed by atoms with Gasteiger partial charge in [0.25, 0.3) is 5.88 Å². The largest absolute Gasteiger partial charge is 0.478 e. The Morgan fingerprint density at radius 2 is 1.96 bits per heavy atom. The third-order valence-corrected chi connectivity index (χ3v) is 3.46. The summed E-state index contributed by atoms with van der Waals surface area (Å²) >= 11 is 0. The van der Waals surface area contributed by atoms with E-state index in [1.807, 2.05) is 0 Å². The van der Waals surface area contributed by atoms with Gasteiger partial charge in [0.1, 0.15) is 0 Å². The number of allylic oxidation sites excluding steroid dienone is 3. The summed E-state index contributed by atoms with van der Waals surface area (Å²) in [6.07, 6.45) is -0.371. The lowest BCUT2D eigenvalue weighted by Gasteiger charge is -2.25. The standard InChI is InChI=1S/C13H12F3N5O2/c1-21(8-5-3-7(4-6-8)13(14,15)16)11-12(22-2)18-10-9(17-11)19-23-20-10/h3,5-7H,4H2,1-2H3. The molecular weight excluding hydrogens is 315 g/mol. The predicted octanol–water partition coefficient (Wildman–Crippen LogP) is 2.48. The Hall–Kier alpha value is -2.65. The molecule has 2 heterocycles. The van der Waals surface area contributed by atoms with Gasteiger partial charge in [-0.15, -0.1) is 0 Å². The van der Waals surface area contributed by atoms with Crippen molar-refractivity contribution in [2.45, 2.75) is 12.6 Å². The summed E-state index contributed by atoms with van der Waals surface area (Å²) in [5.74, 6) is -1.00. The molecule has 122 valence electrons. The lowest BCUT2D eigenvalue weighted by Crippen LogP contribution is -2.25. The maximum Gasteiger partial charge on any atom is 0.395 e. The number of nitrogens with zero attached hydrogens (tertiary/aromatic N) is 5. The fourth-order valence-electron chi connectivity index (χ4n) is 2.19. The van der Waals surface area contributed by atoms with Gasteiger partial charge < -0.3 is 9.64 Å². The van der Waals surface area contributed by atoms with E-state index >= 15 is 0 Å². The number of rotatable bonds is 3. The Kier molecular flexibility index (Phi) is 3.66. The van der Waals surface area contributed by atoms with E-state index in [1.165, 1.54) is 19.3 Å². The van der Waals surface area contributed by atoms with Crippen molar-refractivity contribution < 1.29 is 22.5 Å². The number of methoxy groups -OCH3 is 1. The Morgan fingerprint density at radius 3 is 2.52 bits per heavy atom. The molecule has 0 bridgehead atoms. The number of alkyl halides is 3. The monoisotopic (exact) mass is 327 g/mol. The van der Waals surface area contributed by atoms with Crippen LogP contribution in [0.3, 0.4) is 0 Å². The molecule has 0 saturated heterocycles. The van der Waals surface area contributed by atoms with Crippen molar-refractivity contribution in [3.8, 4) is 5.88 Å². The summed E-state index contributed by atoms with van der Waals surface area (Å²) < 4.78 is 47.8. The predicted molar refractivity (Wildman–Crippen MR) is 73.7 cm³/mol. The molecule has 7 nitrogen and oxygen atoms in total. The zero-order valence-electron chi connectivity index (χ0n) is 12.2. The van der Waals surface area contributed by atoms with E-state index in [1.54, 1.807) is 11.9 Å². The highest BCUT2D eigenvalue weighted by molar-refractivity contribution is 5.70. The summed E-state index contributed by atoms with van der Waals surface area (Å²) in [7, 11) is 3.06.